The van der Waals surface area contributed by atoms with Crippen molar-refractivity contribution in [2.45, 2.75) is 181 Å². The largest absolute Gasteiger partial charge is 0.335 e. The second kappa shape index (κ2) is 20.0. The Morgan fingerprint density at radius 2 is 0.852 bits per heavy atom. The van der Waals surface area contributed by atoms with Crippen molar-refractivity contribution in [2.75, 3.05) is 19.6 Å². The molecule has 1 aromatic heterocycles. The SMILES string of the molecule is CC(C)(C)c1ccc(N(c2ccc(C(C)(C)C)cc2)c2ccc3c(c2)N(c2ccc4c(c2)sc2ccccc24)c2cc(N(c4ccc(C(C)(C)C)cc4)c4ccc(C(C)(C)C)cc4)cc4c2B3c2cc(C(C)(C)C)cc3c2N4C2(C)CCCCC32C)cc1. The second-order valence-corrected chi connectivity index (χ2v) is 33.0. The maximum atomic E-state index is 2.92. The Morgan fingerprint density at radius 3 is 1.38 bits per heavy atom. The van der Waals surface area contributed by atoms with E-state index in [0.29, 0.717) is 0 Å². The first-order valence-electron chi connectivity index (χ1n) is 32.6. The zero-order valence-corrected chi connectivity index (χ0v) is 56.2. The maximum Gasteiger partial charge on any atom is 0.252 e. The lowest BCUT2D eigenvalue weighted by molar-refractivity contribution is 0.195. The number of nitrogens with zero attached hydrogens (tertiary/aromatic N) is 4. The number of fused-ring (bicyclic) bond motifs is 10. The van der Waals surface area contributed by atoms with Crippen LogP contribution in [0.4, 0.5) is 62.6 Å². The standard InChI is InChI=1S/C82H89BN4S/c1-76(2,3)52-24-32-57(33-25-52)84(58-34-26-53(27-35-58)77(4,5)6)61-41-43-67-69(48-61)86(62-40-42-65-64-22-18-19-23-72(64)88-73(65)51-62)70-49-63(85(59-36-28-54(29-37-59)78(7,8)9)60-38-30-55(31-39-60)79(10,11)12)50-71-74(70)83(67)68-47-56(80(13,14)15)46-66-75(68)87(71)82(17)45-21-20-44-81(66,82)16/h18-19,22-43,46-51H,20-21,44-45H2,1-17H3. The van der Waals surface area contributed by atoms with E-state index in [1.165, 1.54) is 106 Å². The molecule has 9 aromatic carbocycles. The van der Waals surface area contributed by atoms with Crippen LogP contribution in [-0.4, -0.2) is 12.3 Å². The molecule has 1 saturated carbocycles. The third kappa shape index (κ3) is 9.26. The lowest BCUT2D eigenvalue weighted by Crippen LogP contribution is -2.64. The molecule has 3 aliphatic heterocycles. The van der Waals surface area contributed by atoms with Gasteiger partial charge in [-0.15, -0.1) is 11.3 Å². The summed E-state index contributed by atoms with van der Waals surface area (Å²) in [6, 6.07) is 71.9. The number of thiophene rings is 1. The molecule has 446 valence electrons. The molecule has 6 heteroatoms. The van der Waals surface area contributed by atoms with E-state index in [1.54, 1.807) is 0 Å². The van der Waals surface area contributed by atoms with Crippen LogP contribution >= 0.6 is 11.3 Å². The molecule has 1 aliphatic carbocycles. The lowest BCUT2D eigenvalue weighted by Gasteiger charge is -2.53. The molecule has 88 heavy (non-hydrogen) atoms. The fourth-order valence-corrected chi connectivity index (χ4v) is 16.6. The van der Waals surface area contributed by atoms with Gasteiger partial charge in [0.1, 0.15) is 0 Å². The fourth-order valence-electron chi connectivity index (χ4n) is 15.5. The highest BCUT2D eigenvalue weighted by Gasteiger charge is 2.62. The number of rotatable bonds is 7. The van der Waals surface area contributed by atoms with E-state index >= 15 is 0 Å². The molecule has 0 amide bonds. The van der Waals surface area contributed by atoms with Crippen LogP contribution in [0.2, 0.25) is 0 Å². The highest BCUT2D eigenvalue weighted by Crippen LogP contribution is 2.63. The van der Waals surface area contributed by atoms with Gasteiger partial charge >= 0.3 is 0 Å². The van der Waals surface area contributed by atoms with Crippen molar-refractivity contribution in [3.8, 4) is 0 Å². The molecule has 1 fully saturated rings. The van der Waals surface area contributed by atoms with Crippen LogP contribution < -0.4 is 36.0 Å². The first kappa shape index (κ1) is 58.2. The van der Waals surface area contributed by atoms with Crippen LogP contribution in [0.1, 0.15) is 177 Å². The molecule has 4 heterocycles. The Morgan fingerprint density at radius 1 is 0.398 bits per heavy atom. The summed E-state index contributed by atoms with van der Waals surface area (Å²) in [5.74, 6) is 0. The van der Waals surface area contributed by atoms with E-state index in [1.807, 2.05) is 11.3 Å². The van der Waals surface area contributed by atoms with Gasteiger partial charge in [-0.2, -0.15) is 0 Å². The van der Waals surface area contributed by atoms with Crippen molar-refractivity contribution in [3.63, 3.8) is 0 Å². The van der Waals surface area contributed by atoms with E-state index < -0.39 is 0 Å². The predicted octanol–water partition coefficient (Wildman–Crippen LogP) is 21.8. The fraction of sp³-hybridized carbons (Fsp3) is 0.341. The summed E-state index contributed by atoms with van der Waals surface area (Å²) in [6.45, 7) is 40.3. The van der Waals surface area contributed by atoms with Crippen molar-refractivity contribution in [2.24, 2.45) is 0 Å². The average molecular weight is 1170 g/mol. The highest BCUT2D eigenvalue weighted by molar-refractivity contribution is 7.25. The van der Waals surface area contributed by atoms with Crippen LogP contribution in [0, 0.1) is 0 Å². The quantitative estimate of drug-likeness (QED) is 0.147. The Bertz CT molecular complexity index is 4270. The van der Waals surface area contributed by atoms with Crippen LogP contribution in [0.5, 0.6) is 0 Å². The van der Waals surface area contributed by atoms with Gasteiger partial charge in [-0.3, -0.25) is 0 Å². The summed E-state index contributed by atoms with van der Waals surface area (Å²) < 4.78 is 2.60. The zero-order valence-electron chi connectivity index (χ0n) is 55.4. The van der Waals surface area contributed by atoms with E-state index in [9.17, 15) is 0 Å². The first-order valence-corrected chi connectivity index (χ1v) is 33.4. The number of benzene rings is 9. The predicted molar refractivity (Wildman–Crippen MR) is 384 cm³/mol. The van der Waals surface area contributed by atoms with Gasteiger partial charge < -0.3 is 19.6 Å². The Kier molecular flexibility index (Phi) is 13.2. The maximum absolute atomic E-state index is 2.92. The highest BCUT2D eigenvalue weighted by atomic mass is 32.1. The minimum Gasteiger partial charge on any atom is -0.335 e. The molecule has 10 aromatic rings. The van der Waals surface area contributed by atoms with Gasteiger partial charge in [0.2, 0.25) is 0 Å². The van der Waals surface area contributed by atoms with Crippen LogP contribution in [0.3, 0.4) is 0 Å². The van der Waals surface area contributed by atoms with Crippen LogP contribution in [0.15, 0.2) is 182 Å². The first-order chi connectivity index (χ1) is 41.5. The van der Waals surface area contributed by atoms with E-state index in [-0.39, 0.29) is 44.7 Å². The van der Waals surface area contributed by atoms with Gasteiger partial charge in [0.15, 0.2) is 0 Å². The van der Waals surface area contributed by atoms with E-state index in [4.69, 9.17) is 0 Å². The third-order valence-corrected chi connectivity index (χ3v) is 22.1. The lowest BCUT2D eigenvalue weighted by atomic mass is 9.33. The Hall–Kier alpha value is -7.54. The number of hydrogen-bond acceptors (Lipinski definition) is 5. The minimum atomic E-state index is -0.180. The van der Waals surface area contributed by atoms with Gasteiger partial charge in [0, 0.05) is 82.5 Å². The molecule has 0 saturated heterocycles. The molecule has 2 unspecified atom stereocenters. The monoisotopic (exact) mass is 1170 g/mol. The van der Waals surface area contributed by atoms with Gasteiger partial charge in [-0.1, -0.05) is 215 Å². The Labute approximate surface area is 530 Å². The third-order valence-electron chi connectivity index (χ3n) is 21.0. The topological polar surface area (TPSA) is 13.0 Å². The van der Waals surface area contributed by atoms with Gasteiger partial charge in [0.05, 0.1) is 11.2 Å². The minimum absolute atomic E-state index is 0.00210. The summed E-state index contributed by atoms with van der Waals surface area (Å²) >= 11 is 1.90. The molecule has 0 N–H and O–H groups in total. The van der Waals surface area contributed by atoms with Crippen molar-refractivity contribution in [1.82, 2.24) is 0 Å². The normalized spacial score (nSPS) is 18.1. The summed E-state index contributed by atoms with van der Waals surface area (Å²) in [6.07, 6.45) is 4.71. The molecular weight excluding hydrogens is 1080 g/mol. The van der Waals surface area contributed by atoms with Crippen molar-refractivity contribution in [1.29, 1.82) is 0 Å². The summed E-state index contributed by atoms with van der Waals surface area (Å²) in [5.41, 5.74) is 25.3. The van der Waals surface area contributed by atoms with Gasteiger partial charge in [-0.05, 0) is 188 Å². The molecule has 4 nitrogen and oxygen atoms in total. The molecule has 0 bridgehead atoms. The van der Waals surface area contributed by atoms with E-state index in [2.05, 4.69) is 319 Å². The van der Waals surface area contributed by atoms with Gasteiger partial charge in [0.25, 0.3) is 6.71 Å². The molecule has 0 spiro atoms. The number of hydrogen-bond donors (Lipinski definition) is 0. The molecule has 0 radical (unpaired) electrons. The molecule has 14 rings (SSSR count). The number of anilines is 11. The average Bonchev–Trinajstić information content (AvgIpc) is 1.45. The summed E-state index contributed by atoms with van der Waals surface area (Å²) in [5, 5.41) is 2.61. The molecular formula is C82H89BN4S. The van der Waals surface area contributed by atoms with Crippen LogP contribution in [0.25, 0.3) is 20.2 Å². The van der Waals surface area contributed by atoms with Crippen molar-refractivity contribution in [3.05, 3.63) is 215 Å². The molecule has 4 aliphatic rings. The summed E-state index contributed by atoms with van der Waals surface area (Å²) in [4.78, 5) is 10.7. The van der Waals surface area contributed by atoms with Crippen LogP contribution in [-0.2, 0) is 32.5 Å². The van der Waals surface area contributed by atoms with Crippen molar-refractivity contribution >= 4 is 117 Å². The van der Waals surface area contributed by atoms with Gasteiger partial charge in [-0.25, -0.2) is 0 Å². The second-order valence-electron chi connectivity index (χ2n) is 31.9. The zero-order chi connectivity index (χ0) is 62.0. The summed E-state index contributed by atoms with van der Waals surface area (Å²) in [7, 11) is 0. The molecule has 2 atom stereocenters. The Balaban J connectivity index is 1.10. The van der Waals surface area contributed by atoms with E-state index in [0.717, 1.165) is 52.7 Å². The smallest absolute Gasteiger partial charge is 0.252 e. The van der Waals surface area contributed by atoms with Crippen molar-refractivity contribution < 1.29 is 0 Å².